The SMILES string of the molecule is O=C(O)[C@H](CS)N[TeH]. The predicted molar refractivity (Wildman–Crippen MR) is 35.6 cm³/mol. The normalized spacial score (nSPS) is 13.2. The first-order chi connectivity index (χ1) is 3.72. The van der Waals surface area contributed by atoms with E-state index in [1.807, 2.05) is 0 Å². The number of carbonyl (C=O) groups is 1. The summed E-state index contributed by atoms with van der Waals surface area (Å²) in [6.07, 6.45) is 0. The minimum absolute atomic E-state index is 0.338. The molecule has 5 heteroatoms. The first kappa shape index (κ1) is 8.57. The molecule has 0 bridgehead atoms. The summed E-state index contributed by atoms with van der Waals surface area (Å²) in [6.45, 7) is 0. The summed E-state index contributed by atoms with van der Waals surface area (Å²) in [4.78, 5) is 10.1. The first-order valence-corrected chi connectivity index (χ1v) is 3.86. The zero-order chi connectivity index (χ0) is 6.57. The van der Waals surface area contributed by atoms with Gasteiger partial charge in [0.15, 0.2) is 0 Å². The van der Waals surface area contributed by atoms with Gasteiger partial charge in [-0.2, -0.15) is 0 Å². The molecule has 0 spiro atoms. The van der Waals surface area contributed by atoms with Gasteiger partial charge in [-0.05, 0) is 0 Å². The van der Waals surface area contributed by atoms with Crippen molar-refractivity contribution in [1.29, 1.82) is 0 Å². The van der Waals surface area contributed by atoms with E-state index in [1.54, 1.807) is 0 Å². The Morgan fingerprint density at radius 2 is 2.50 bits per heavy atom. The van der Waals surface area contributed by atoms with Crippen molar-refractivity contribution >= 4 is 41.2 Å². The van der Waals surface area contributed by atoms with Gasteiger partial charge in [0.05, 0.1) is 0 Å². The van der Waals surface area contributed by atoms with Crippen LogP contribution in [0.4, 0.5) is 0 Å². The van der Waals surface area contributed by atoms with Crippen molar-refractivity contribution in [2.45, 2.75) is 6.04 Å². The molecule has 0 unspecified atom stereocenters. The zero-order valence-electron chi connectivity index (χ0n) is 4.03. The molecule has 0 saturated carbocycles. The van der Waals surface area contributed by atoms with Crippen LogP contribution in [0.5, 0.6) is 0 Å². The van der Waals surface area contributed by atoms with Gasteiger partial charge in [0, 0.05) is 0 Å². The van der Waals surface area contributed by atoms with Gasteiger partial charge >= 0.3 is 66.4 Å². The van der Waals surface area contributed by atoms with E-state index in [-0.39, 0.29) is 0 Å². The van der Waals surface area contributed by atoms with Gasteiger partial charge in [0.1, 0.15) is 0 Å². The van der Waals surface area contributed by atoms with Gasteiger partial charge < -0.3 is 0 Å². The fraction of sp³-hybridized carbons (Fsp3) is 0.667. The fourth-order valence-electron chi connectivity index (χ4n) is 0.174. The third-order valence-corrected chi connectivity index (χ3v) is 1.89. The van der Waals surface area contributed by atoms with E-state index in [0.29, 0.717) is 5.75 Å². The van der Waals surface area contributed by atoms with Crippen molar-refractivity contribution in [1.82, 2.24) is 3.57 Å². The molecule has 0 aliphatic rings. The molecule has 48 valence electrons. The Morgan fingerprint density at radius 3 is 2.50 bits per heavy atom. The van der Waals surface area contributed by atoms with E-state index >= 15 is 0 Å². The van der Waals surface area contributed by atoms with Crippen molar-refractivity contribution < 1.29 is 9.90 Å². The molecule has 3 nitrogen and oxygen atoms in total. The number of aliphatic carboxylic acids is 1. The second-order valence-corrected chi connectivity index (χ2v) is 2.30. The van der Waals surface area contributed by atoms with E-state index in [0.717, 1.165) is 0 Å². The van der Waals surface area contributed by atoms with E-state index in [1.165, 1.54) is 22.6 Å². The van der Waals surface area contributed by atoms with Gasteiger partial charge in [0.25, 0.3) is 0 Å². The molecule has 0 heterocycles. The number of hydrogen-bond donors (Lipinski definition) is 3. The Hall–Kier alpha value is 0.570. The van der Waals surface area contributed by atoms with Crippen LogP contribution in [-0.2, 0) is 4.79 Å². The molecule has 1 atom stereocenters. The van der Waals surface area contributed by atoms with E-state index in [2.05, 4.69) is 16.2 Å². The standard InChI is InChI=1S/C3H7NO2STe/c5-3(6)2(1-7)4-8/h2,4,7-8H,1H2,(H,5,6)/t2-/m0/s1. The third kappa shape index (κ3) is 2.78. The Kier molecular flexibility index (Phi) is 4.77. The van der Waals surface area contributed by atoms with Crippen LogP contribution < -0.4 is 3.57 Å². The average molecular weight is 249 g/mol. The van der Waals surface area contributed by atoms with E-state index in [4.69, 9.17) is 5.11 Å². The maximum absolute atomic E-state index is 10.1. The number of carboxylic acid groups (broad SMARTS) is 1. The van der Waals surface area contributed by atoms with Crippen molar-refractivity contribution in [2.24, 2.45) is 0 Å². The van der Waals surface area contributed by atoms with Crippen molar-refractivity contribution in [3.05, 3.63) is 0 Å². The number of carboxylic acids is 1. The second kappa shape index (κ2) is 4.45. The zero-order valence-corrected chi connectivity index (χ0v) is 7.48. The summed E-state index contributed by atoms with van der Waals surface area (Å²) in [5, 5.41) is 8.27. The number of rotatable bonds is 3. The van der Waals surface area contributed by atoms with Crippen molar-refractivity contribution in [2.75, 3.05) is 5.75 Å². The van der Waals surface area contributed by atoms with E-state index in [9.17, 15) is 4.79 Å². The number of thiol groups is 1. The summed E-state index contributed by atoms with van der Waals surface area (Å²) in [7, 11) is 0. The van der Waals surface area contributed by atoms with Gasteiger partial charge in [-0.1, -0.05) is 0 Å². The van der Waals surface area contributed by atoms with Crippen LogP contribution in [0.3, 0.4) is 0 Å². The molecule has 0 aromatic rings. The topological polar surface area (TPSA) is 49.3 Å². The molecule has 0 aliphatic carbocycles. The van der Waals surface area contributed by atoms with Crippen LogP contribution in [-0.4, -0.2) is 45.4 Å². The van der Waals surface area contributed by atoms with Crippen LogP contribution in [0.1, 0.15) is 0 Å². The third-order valence-electron chi connectivity index (χ3n) is 0.637. The van der Waals surface area contributed by atoms with Crippen LogP contribution >= 0.6 is 12.6 Å². The molecule has 0 aromatic carbocycles. The molecule has 0 saturated heterocycles. The molecule has 0 aromatic heterocycles. The summed E-state index contributed by atoms with van der Waals surface area (Å²) in [6, 6.07) is -0.493. The minimum atomic E-state index is -0.846. The Bertz CT molecular complexity index is 85.4. The fourth-order valence-corrected chi connectivity index (χ4v) is 1.43. The van der Waals surface area contributed by atoms with Crippen LogP contribution in [0.25, 0.3) is 0 Å². The molecule has 2 N–H and O–H groups in total. The maximum atomic E-state index is 10.1. The summed E-state index contributed by atoms with van der Waals surface area (Å²) in [5.74, 6) is -0.509. The van der Waals surface area contributed by atoms with Crippen LogP contribution in [0.2, 0.25) is 0 Å². The van der Waals surface area contributed by atoms with E-state index < -0.39 is 12.0 Å². The molecule has 0 radical (unpaired) electrons. The molecule has 8 heavy (non-hydrogen) atoms. The quantitative estimate of drug-likeness (QED) is 0.433. The summed E-state index contributed by atoms with van der Waals surface area (Å²) < 4.78 is 2.63. The summed E-state index contributed by atoms with van der Waals surface area (Å²) >= 11 is 5.07. The summed E-state index contributed by atoms with van der Waals surface area (Å²) in [5.41, 5.74) is 0. The molecule has 0 amide bonds. The molecule has 0 fully saturated rings. The number of hydrogen-bond acceptors (Lipinski definition) is 3. The van der Waals surface area contributed by atoms with Gasteiger partial charge in [0.2, 0.25) is 0 Å². The number of nitrogens with one attached hydrogen (secondary N) is 1. The predicted octanol–water partition coefficient (Wildman–Crippen LogP) is -1.23. The molecular weight excluding hydrogens is 242 g/mol. The second-order valence-electron chi connectivity index (χ2n) is 1.20. The van der Waals surface area contributed by atoms with Crippen LogP contribution in [0.15, 0.2) is 0 Å². The van der Waals surface area contributed by atoms with Gasteiger partial charge in [-0.3, -0.25) is 0 Å². The Labute approximate surface area is 66.5 Å². The van der Waals surface area contributed by atoms with Crippen molar-refractivity contribution in [3.63, 3.8) is 0 Å². The average Bonchev–Trinajstić information content (AvgIpc) is 1.69. The Morgan fingerprint density at radius 1 is 2.00 bits per heavy atom. The molecular formula is C3H7NO2STe. The first-order valence-electron chi connectivity index (χ1n) is 1.95. The molecule has 0 aliphatic heterocycles. The van der Waals surface area contributed by atoms with Crippen molar-refractivity contribution in [3.8, 4) is 0 Å². The van der Waals surface area contributed by atoms with Crippen LogP contribution in [0, 0.1) is 0 Å². The monoisotopic (exact) mass is 251 g/mol. The van der Waals surface area contributed by atoms with Gasteiger partial charge in [-0.25, -0.2) is 0 Å². The Balaban J connectivity index is 3.52. The molecule has 0 rings (SSSR count). The van der Waals surface area contributed by atoms with Gasteiger partial charge in [-0.15, -0.1) is 0 Å².